The van der Waals surface area contributed by atoms with E-state index in [2.05, 4.69) is 24.4 Å². The number of ether oxygens (including phenoxy) is 3. The van der Waals surface area contributed by atoms with Crippen LogP contribution >= 0.6 is 0 Å². The number of methoxy groups -OCH3 is 1. The van der Waals surface area contributed by atoms with Gasteiger partial charge in [-0.25, -0.2) is 0 Å². The van der Waals surface area contributed by atoms with E-state index in [0.29, 0.717) is 12.5 Å². The molecule has 1 saturated heterocycles. The maximum atomic E-state index is 5.74. The van der Waals surface area contributed by atoms with Crippen LogP contribution in [-0.2, 0) is 11.3 Å². The van der Waals surface area contributed by atoms with Gasteiger partial charge in [0, 0.05) is 19.7 Å². The second kappa shape index (κ2) is 8.90. The molecule has 0 aromatic heterocycles. The molecule has 0 spiro atoms. The van der Waals surface area contributed by atoms with Crippen LogP contribution in [0.25, 0.3) is 0 Å². The normalized spacial score (nSPS) is 18.5. The van der Waals surface area contributed by atoms with Crippen molar-refractivity contribution in [3.05, 3.63) is 23.8 Å². The third-order valence-electron chi connectivity index (χ3n) is 3.71. The Kier molecular flexibility index (Phi) is 6.83. The molecule has 1 atom stereocenters. The van der Waals surface area contributed by atoms with Crippen molar-refractivity contribution >= 4 is 0 Å². The SMILES string of the molecule is CCCOc1cc(CNCC2CCCOC2)ccc1OC. The fourth-order valence-electron chi connectivity index (χ4n) is 2.54. The molecule has 21 heavy (non-hydrogen) atoms. The predicted octanol–water partition coefficient (Wildman–Crippen LogP) is 3.00. The number of hydrogen-bond acceptors (Lipinski definition) is 4. The highest BCUT2D eigenvalue weighted by Crippen LogP contribution is 2.28. The Morgan fingerprint density at radius 3 is 2.95 bits per heavy atom. The highest BCUT2D eigenvalue weighted by Gasteiger charge is 2.13. The fourth-order valence-corrected chi connectivity index (χ4v) is 2.54. The first-order valence-corrected chi connectivity index (χ1v) is 7.91. The summed E-state index contributed by atoms with van der Waals surface area (Å²) in [6.07, 6.45) is 3.44. The number of benzene rings is 1. The van der Waals surface area contributed by atoms with Crippen molar-refractivity contribution in [2.75, 3.05) is 33.5 Å². The van der Waals surface area contributed by atoms with Crippen LogP contribution in [0.15, 0.2) is 18.2 Å². The fraction of sp³-hybridized carbons (Fsp3) is 0.647. The van der Waals surface area contributed by atoms with E-state index in [1.807, 2.05) is 6.07 Å². The molecule has 0 saturated carbocycles. The average Bonchev–Trinajstić information content (AvgIpc) is 2.54. The summed E-state index contributed by atoms with van der Waals surface area (Å²) in [5.74, 6) is 2.28. The van der Waals surface area contributed by atoms with Crippen molar-refractivity contribution in [3.8, 4) is 11.5 Å². The zero-order valence-electron chi connectivity index (χ0n) is 13.2. The van der Waals surface area contributed by atoms with Gasteiger partial charge in [0.1, 0.15) is 0 Å². The van der Waals surface area contributed by atoms with Crippen LogP contribution in [0, 0.1) is 5.92 Å². The number of hydrogen-bond donors (Lipinski definition) is 1. The zero-order valence-corrected chi connectivity index (χ0v) is 13.2. The molecule has 0 radical (unpaired) electrons. The summed E-state index contributed by atoms with van der Waals surface area (Å²) in [5, 5.41) is 3.52. The zero-order chi connectivity index (χ0) is 14.9. The first-order chi connectivity index (χ1) is 10.3. The lowest BCUT2D eigenvalue weighted by Gasteiger charge is -2.22. The summed E-state index contributed by atoms with van der Waals surface area (Å²) in [7, 11) is 1.68. The molecule has 1 N–H and O–H groups in total. The van der Waals surface area contributed by atoms with E-state index < -0.39 is 0 Å². The van der Waals surface area contributed by atoms with E-state index in [9.17, 15) is 0 Å². The third kappa shape index (κ3) is 5.21. The molecular formula is C17H27NO3. The Morgan fingerprint density at radius 1 is 1.33 bits per heavy atom. The average molecular weight is 293 g/mol. The molecule has 2 rings (SSSR count). The molecule has 1 unspecified atom stereocenters. The summed E-state index contributed by atoms with van der Waals surface area (Å²) in [5.41, 5.74) is 1.22. The van der Waals surface area contributed by atoms with E-state index in [0.717, 1.165) is 44.2 Å². The van der Waals surface area contributed by atoms with E-state index in [4.69, 9.17) is 14.2 Å². The molecule has 4 nitrogen and oxygen atoms in total. The quantitative estimate of drug-likeness (QED) is 0.800. The topological polar surface area (TPSA) is 39.7 Å². The third-order valence-corrected chi connectivity index (χ3v) is 3.71. The van der Waals surface area contributed by atoms with Gasteiger partial charge in [-0.3, -0.25) is 0 Å². The summed E-state index contributed by atoms with van der Waals surface area (Å²) in [6, 6.07) is 6.13. The largest absolute Gasteiger partial charge is 0.493 e. The molecule has 1 heterocycles. The Labute approximate surface area is 127 Å². The summed E-state index contributed by atoms with van der Waals surface area (Å²) in [4.78, 5) is 0. The summed E-state index contributed by atoms with van der Waals surface area (Å²) >= 11 is 0. The Bertz CT molecular complexity index is 416. The maximum absolute atomic E-state index is 5.74. The van der Waals surface area contributed by atoms with Crippen molar-refractivity contribution in [1.82, 2.24) is 5.32 Å². The minimum Gasteiger partial charge on any atom is -0.493 e. The molecule has 0 amide bonds. The van der Waals surface area contributed by atoms with Crippen LogP contribution in [0.3, 0.4) is 0 Å². The molecule has 0 aliphatic carbocycles. The molecule has 118 valence electrons. The van der Waals surface area contributed by atoms with Gasteiger partial charge in [0.15, 0.2) is 11.5 Å². The first-order valence-electron chi connectivity index (χ1n) is 7.91. The summed E-state index contributed by atoms with van der Waals surface area (Å²) in [6.45, 7) is 6.49. The van der Waals surface area contributed by atoms with Crippen LogP contribution in [0.2, 0.25) is 0 Å². The Morgan fingerprint density at radius 2 is 2.24 bits per heavy atom. The Balaban J connectivity index is 1.84. The number of rotatable bonds is 8. The molecule has 0 bridgehead atoms. The highest BCUT2D eigenvalue weighted by atomic mass is 16.5. The predicted molar refractivity (Wildman–Crippen MR) is 84.0 cm³/mol. The van der Waals surface area contributed by atoms with Gasteiger partial charge in [-0.2, -0.15) is 0 Å². The second-order valence-corrected chi connectivity index (χ2v) is 5.55. The minimum atomic E-state index is 0.646. The minimum absolute atomic E-state index is 0.646. The Hall–Kier alpha value is -1.26. The van der Waals surface area contributed by atoms with Crippen LogP contribution in [-0.4, -0.2) is 33.5 Å². The lowest BCUT2D eigenvalue weighted by molar-refractivity contribution is 0.0547. The van der Waals surface area contributed by atoms with Crippen LogP contribution in [0.5, 0.6) is 11.5 Å². The van der Waals surface area contributed by atoms with E-state index in [1.54, 1.807) is 7.11 Å². The van der Waals surface area contributed by atoms with Crippen LogP contribution in [0.1, 0.15) is 31.7 Å². The molecule has 1 aliphatic rings. The van der Waals surface area contributed by atoms with Crippen molar-refractivity contribution in [2.24, 2.45) is 5.92 Å². The molecule has 1 aromatic carbocycles. The molecule has 1 aromatic rings. The molecule has 1 fully saturated rings. The lowest BCUT2D eigenvalue weighted by Crippen LogP contribution is -2.28. The van der Waals surface area contributed by atoms with Crippen molar-refractivity contribution in [3.63, 3.8) is 0 Å². The first kappa shape index (κ1) is 16.1. The monoisotopic (exact) mass is 293 g/mol. The lowest BCUT2D eigenvalue weighted by atomic mass is 10.0. The maximum Gasteiger partial charge on any atom is 0.161 e. The van der Waals surface area contributed by atoms with Crippen molar-refractivity contribution < 1.29 is 14.2 Å². The smallest absolute Gasteiger partial charge is 0.161 e. The van der Waals surface area contributed by atoms with Gasteiger partial charge in [-0.1, -0.05) is 13.0 Å². The van der Waals surface area contributed by atoms with E-state index in [-0.39, 0.29) is 0 Å². The van der Waals surface area contributed by atoms with Gasteiger partial charge < -0.3 is 19.5 Å². The van der Waals surface area contributed by atoms with Crippen LogP contribution in [0.4, 0.5) is 0 Å². The van der Waals surface area contributed by atoms with Gasteiger partial charge >= 0.3 is 0 Å². The van der Waals surface area contributed by atoms with Gasteiger partial charge in [0.05, 0.1) is 20.3 Å². The van der Waals surface area contributed by atoms with E-state index in [1.165, 1.54) is 18.4 Å². The van der Waals surface area contributed by atoms with Gasteiger partial charge in [0.25, 0.3) is 0 Å². The van der Waals surface area contributed by atoms with Gasteiger partial charge in [-0.05, 0) is 42.9 Å². The highest BCUT2D eigenvalue weighted by molar-refractivity contribution is 5.42. The summed E-state index contributed by atoms with van der Waals surface area (Å²) < 4.78 is 16.6. The molecule has 4 heteroatoms. The molecule has 1 aliphatic heterocycles. The number of nitrogens with one attached hydrogen (secondary N) is 1. The molecular weight excluding hydrogens is 266 g/mol. The van der Waals surface area contributed by atoms with E-state index >= 15 is 0 Å². The van der Waals surface area contributed by atoms with Crippen molar-refractivity contribution in [2.45, 2.75) is 32.7 Å². The van der Waals surface area contributed by atoms with Gasteiger partial charge in [0.2, 0.25) is 0 Å². The standard InChI is InChI=1S/C17H27NO3/c1-3-8-21-17-10-14(6-7-16(17)19-2)11-18-12-15-5-4-9-20-13-15/h6-7,10,15,18H,3-5,8-9,11-13H2,1-2H3. The van der Waals surface area contributed by atoms with Crippen LogP contribution < -0.4 is 14.8 Å². The second-order valence-electron chi connectivity index (χ2n) is 5.55. The van der Waals surface area contributed by atoms with Crippen molar-refractivity contribution in [1.29, 1.82) is 0 Å². The van der Waals surface area contributed by atoms with Gasteiger partial charge in [-0.15, -0.1) is 0 Å².